The van der Waals surface area contributed by atoms with Crippen molar-refractivity contribution in [3.63, 3.8) is 0 Å². The molecule has 2 rings (SSSR count). The van der Waals surface area contributed by atoms with Gasteiger partial charge in [-0.15, -0.1) is 0 Å². The molecule has 1 aliphatic heterocycles. The van der Waals surface area contributed by atoms with Crippen LogP contribution in [-0.2, 0) is 15.7 Å². The maximum absolute atomic E-state index is 12.6. The quantitative estimate of drug-likeness (QED) is 0.717. The third kappa shape index (κ3) is 2.72. The lowest BCUT2D eigenvalue weighted by Crippen LogP contribution is -2.14. The first kappa shape index (κ1) is 12.7. The summed E-state index contributed by atoms with van der Waals surface area (Å²) in [7, 11) is 0. The second-order valence-electron chi connectivity index (χ2n) is 4.26. The molecular weight excluding hydrogens is 245 g/mol. The predicted molar refractivity (Wildman–Crippen MR) is 59.3 cm³/mol. The van der Waals surface area contributed by atoms with E-state index in [9.17, 15) is 18.0 Å². The zero-order valence-electron chi connectivity index (χ0n) is 9.62. The monoisotopic (exact) mass is 256 g/mol. The molecule has 96 valence electrons. The van der Waals surface area contributed by atoms with E-state index in [0.717, 1.165) is 12.1 Å². The van der Waals surface area contributed by atoms with Gasteiger partial charge >= 0.3 is 12.1 Å². The molecule has 0 aliphatic carbocycles. The highest BCUT2D eigenvalue weighted by Gasteiger charge is 2.31. The van der Waals surface area contributed by atoms with Crippen molar-refractivity contribution in [2.45, 2.75) is 19.5 Å². The molecule has 0 aromatic heterocycles. The second-order valence-corrected chi connectivity index (χ2v) is 4.26. The van der Waals surface area contributed by atoms with Crippen LogP contribution in [0.15, 0.2) is 30.3 Å². The molecule has 1 atom stereocenters. The van der Waals surface area contributed by atoms with Crippen LogP contribution in [0.1, 0.15) is 24.5 Å². The Morgan fingerprint density at radius 3 is 2.67 bits per heavy atom. The number of carbonyl (C=O) groups is 1. The lowest BCUT2D eigenvalue weighted by Gasteiger charge is -2.18. The van der Waals surface area contributed by atoms with Gasteiger partial charge in [0.15, 0.2) is 0 Å². The van der Waals surface area contributed by atoms with E-state index in [4.69, 9.17) is 4.74 Å². The second kappa shape index (κ2) is 4.48. The minimum absolute atomic E-state index is 0.0317. The van der Waals surface area contributed by atoms with Crippen molar-refractivity contribution in [3.05, 3.63) is 41.5 Å². The number of cyclic esters (lactones) is 1. The molecule has 0 fully saturated rings. The molecule has 1 aliphatic rings. The molecule has 0 N–H and O–H groups in total. The molecule has 0 bridgehead atoms. The fraction of sp³-hybridized carbons (Fsp3) is 0.308. The normalized spacial score (nSPS) is 20.3. The highest BCUT2D eigenvalue weighted by atomic mass is 19.4. The summed E-state index contributed by atoms with van der Waals surface area (Å²) in [5.41, 5.74) is -0.486. The van der Waals surface area contributed by atoms with Crippen LogP contribution in [0.4, 0.5) is 13.2 Å². The van der Waals surface area contributed by atoms with Gasteiger partial charge in [0.1, 0.15) is 5.76 Å². The fourth-order valence-corrected chi connectivity index (χ4v) is 1.78. The van der Waals surface area contributed by atoms with Crippen LogP contribution in [0.25, 0.3) is 5.76 Å². The van der Waals surface area contributed by atoms with Gasteiger partial charge in [-0.1, -0.05) is 19.1 Å². The van der Waals surface area contributed by atoms with Crippen molar-refractivity contribution in [2.24, 2.45) is 5.92 Å². The zero-order chi connectivity index (χ0) is 13.3. The Labute approximate surface area is 102 Å². The number of benzene rings is 1. The first-order chi connectivity index (χ1) is 8.36. The van der Waals surface area contributed by atoms with E-state index in [-0.39, 0.29) is 23.7 Å². The van der Waals surface area contributed by atoms with E-state index in [1.165, 1.54) is 12.1 Å². The molecule has 2 nitrogen and oxygen atoms in total. The van der Waals surface area contributed by atoms with E-state index in [1.807, 2.05) is 6.92 Å². The Morgan fingerprint density at radius 1 is 1.33 bits per heavy atom. The van der Waals surface area contributed by atoms with Gasteiger partial charge in [-0.25, -0.2) is 0 Å². The smallest absolute Gasteiger partial charge is 0.416 e. The van der Waals surface area contributed by atoms with E-state index >= 15 is 0 Å². The number of alkyl halides is 3. The molecule has 0 amide bonds. The average Bonchev–Trinajstić information content (AvgIpc) is 2.27. The van der Waals surface area contributed by atoms with Crippen LogP contribution < -0.4 is 0 Å². The average molecular weight is 256 g/mol. The van der Waals surface area contributed by atoms with E-state index in [0.29, 0.717) is 0 Å². The van der Waals surface area contributed by atoms with Crippen LogP contribution in [0, 0.1) is 5.92 Å². The summed E-state index contributed by atoms with van der Waals surface area (Å²) in [6.45, 7) is 1.81. The third-order valence-corrected chi connectivity index (χ3v) is 2.62. The van der Waals surface area contributed by atoms with Gasteiger partial charge in [0.25, 0.3) is 0 Å². The largest absolute Gasteiger partial charge is 0.426 e. The minimum Gasteiger partial charge on any atom is -0.426 e. The summed E-state index contributed by atoms with van der Waals surface area (Å²) in [4.78, 5) is 11.3. The molecule has 0 saturated carbocycles. The predicted octanol–water partition coefficient (Wildman–Crippen LogP) is 3.63. The van der Waals surface area contributed by atoms with Crippen molar-refractivity contribution in [3.8, 4) is 0 Å². The Hall–Kier alpha value is -1.78. The highest BCUT2D eigenvalue weighted by Crippen LogP contribution is 2.32. The van der Waals surface area contributed by atoms with Gasteiger partial charge in [-0.2, -0.15) is 13.2 Å². The van der Waals surface area contributed by atoms with Gasteiger partial charge in [-0.3, -0.25) is 4.79 Å². The van der Waals surface area contributed by atoms with Crippen molar-refractivity contribution >= 4 is 11.7 Å². The molecule has 1 unspecified atom stereocenters. The molecule has 1 aromatic rings. The lowest BCUT2D eigenvalue weighted by molar-refractivity contribution is -0.138. The molecule has 1 heterocycles. The molecule has 0 radical (unpaired) electrons. The van der Waals surface area contributed by atoms with Crippen LogP contribution in [-0.4, -0.2) is 5.97 Å². The summed E-state index contributed by atoms with van der Waals surface area (Å²) in [6.07, 6.45) is -2.49. The number of rotatable bonds is 1. The Kier molecular flexibility index (Phi) is 3.15. The molecule has 0 spiro atoms. The van der Waals surface area contributed by atoms with Crippen molar-refractivity contribution < 1.29 is 22.7 Å². The van der Waals surface area contributed by atoms with Crippen LogP contribution in [0.2, 0.25) is 0 Å². The summed E-state index contributed by atoms with van der Waals surface area (Å²) < 4.78 is 42.6. The fourth-order valence-electron chi connectivity index (χ4n) is 1.78. The van der Waals surface area contributed by atoms with Gasteiger partial charge < -0.3 is 4.74 Å². The molecule has 5 heteroatoms. The number of allylic oxidation sites excluding steroid dienone is 1. The first-order valence-electron chi connectivity index (χ1n) is 5.46. The van der Waals surface area contributed by atoms with E-state index in [1.54, 1.807) is 6.08 Å². The minimum atomic E-state index is -4.40. The van der Waals surface area contributed by atoms with Gasteiger partial charge in [0, 0.05) is 5.56 Å². The Balaban J connectivity index is 2.37. The lowest BCUT2D eigenvalue weighted by atomic mass is 10.0. The van der Waals surface area contributed by atoms with Crippen LogP contribution >= 0.6 is 0 Å². The van der Waals surface area contributed by atoms with Crippen molar-refractivity contribution in [1.82, 2.24) is 0 Å². The van der Waals surface area contributed by atoms with Crippen molar-refractivity contribution in [1.29, 1.82) is 0 Å². The maximum Gasteiger partial charge on any atom is 0.416 e. The third-order valence-electron chi connectivity index (χ3n) is 2.62. The highest BCUT2D eigenvalue weighted by molar-refractivity contribution is 5.81. The number of halogens is 3. The zero-order valence-corrected chi connectivity index (χ0v) is 9.62. The SMILES string of the molecule is CC1C=C(c2cccc(C(F)(F)F)c2)OC(=O)C1. The summed E-state index contributed by atoms with van der Waals surface area (Å²) in [5.74, 6) is -0.252. The number of esters is 1. The van der Waals surface area contributed by atoms with E-state index < -0.39 is 17.7 Å². The topological polar surface area (TPSA) is 26.3 Å². The first-order valence-corrected chi connectivity index (χ1v) is 5.46. The Morgan fingerprint density at radius 2 is 2.06 bits per heavy atom. The Bertz CT molecular complexity index is 503. The van der Waals surface area contributed by atoms with Crippen molar-refractivity contribution in [2.75, 3.05) is 0 Å². The summed E-state index contributed by atoms with van der Waals surface area (Å²) in [5, 5.41) is 0. The number of hydrogen-bond acceptors (Lipinski definition) is 2. The summed E-state index contributed by atoms with van der Waals surface area (Å²) in [6, 6.07) is 4.76. The number of carbonyl (C=O) groups excluding carboxylic acids is 1. The standard InChI is InChI=1S/C13H11F3O2/c1-8-5-11(18-12(17)6-8)9-3-2-4-10(7-9)13(14,15)16/h2-5,7-8H,6H2,1H3. The summed E-state index contributed by atoms with van der Waals surface area (Å²) >= 11 is 0. The molecular formula is C13H11F3O2. The molecule has 18 heavy (non-hydrogen) atoms. The van der Waals surface area contributed by atoms with Gasteiger partial charge in [-0.05, 0) is 24.1 Å². The molecule has 0 saturated heterocycles. The van der Waals surface area contributed by atoms with Gasteiger partial charge in [0.05, 0.1) is 12.0 Å². The van der Waals surface area contributed by atoms with Crippen LogP contribution in [0.3, 0.4) is 0 Å². The molecule has 1 aromatic carbocycles. The maximum atomic E-state index is 12.6. The van der Waals surface area contributed by atoms with Crippen LogP contribution in [0.5, 0.6) is 0 Å². The van der Waals surface area contributed by atoms with E-state index in [2.05, 4.69) is 0 Å². The number of hydrogen-bond donors (Lipinski definition) is 0. The number of ether oxygens (including phenoxy) is 1. The van der Waals surface area contributed by atoms with Gasteiger partial charge in [0.2, 0.25) is 0 Å².